The van der Waals surface area contributed by atoms with Crippen LogP contribution in [0.3, 0.4) is 0 Å². The van der Waals surface area contributed by atoms with Gasteiger partial charge in [-0.2, -0.15) is 0 Å². The molecule has 0 amide bonds. The van der Waals surface area contributed by atoms with Gasteiger partial charge in [-0.25, -0.2) is 4.79 Å². The first-order valence-electron chi connectivity index (χ1n) is 5.49. The predicted octanol–water partition coefficient (Wildman–Crippen LogP) is 1.98. The lowest BCUT2D eigenvalue weighted by atomic mass is 10.1. The average Bonchev–Trinajstić information content (AvgIpc) is 2.21. The Labute approximate surface area is 94.5 Å². The monoisotopic (exact) mass is 223 g/mol. The highest BCUT2D eigenvalue weighted by Gasteiger charge is 2.11. The fourth-order valence-electron chi connectivity index (χ4n) is 1.76. The van der Waals surface area contributed by atoms with Gasteiger partial charge in [0, 0.05) is 12.7 Å². The topological polar surface area (TPSA) is 59.3 Å². The van der Waals surface area contributed by atoms with Gasteiger partial charge in [-0.15, -0.1) is 0 Å². The maximum absolute atomic E-state index is 11.7. The second-order valence-corrected chi connectivity index (χ2v) is 4.08. The van der Waals surface area contributed by atoms with E-state index >= 15 is 0 Å². The van der Waals surface area contributed by atoms with E-state index in [1.54, 1.807) is 12.3 Å². The van der Waals surface area contributed by atoms with Crippen LogP contribution in [-0.2, 0) is 6.54 Å². The standard InChI is InChI=1S/C12H17NO3/c1-3-5-9(2)8-13-7-4-6-10(11(13)14)12(15)16/h4,6-7,9H,3,5,8H2,1-2H3,(H,15,16). The Morgan fingerprint density at radius 1 is 1.56 bits per heavy atom. The molecule has 1 aromatic rings. The number of rotatable bonds is 5. The van der Waals surface area contributed by atoms with E-state index in [1.807, 2.05) is 0 Å². The first-order valence-corrected chi connectivity index (χ1v) is 5.49. The number of hydrogen-bond donors (Lipinski definition) is 1. The SMILES string of the molecule is CCCC(C)Cn1cccc(C(=O)O)c1=O. The lowest BCUT2D eigenvalue weighted by Crippen LogP contribution is -2.27. The van der Waals surface area contributed by atoms with E-state index in [0.29, 0.717) is 12.5 Å². The van der Waals surface area contributed by atoms with Crippen LogP contribution in [0.2, 0.25) is 0 Å². The fourth-order valence-corrected chi connectivity index (χ4v) is 1.76. The zero-order valence-corrected chi connectivity index (χ0v) is 9.64. The van der Waals surface area contributed by atoms with E-state index in [4.69, 9.17) is 5.11 Å². The smallest absolute Gasteiger partial charge is 0.341 e. The van der Waals surface area contributed by atoms with Crippen LogP contribution in [0.25, 0.3) is 0 Å². The molecule has 0 saturated carbocycles. The van der Waals surface area contributed by atoms with Gasteiger partial charge in [0.1, 0.15) is 5.56 Å². The summed E-state index contributed by atoms with van der Waals surface area (Å²) in [7, 11) is 0. The lowest BCUT2D eigenvalue weighted by Gasteiger charge is -2.12. The third kappa shape index (κ3) is 2.95. The molecule has 0 saturated heterocycles. The zero-order valence-electron chi connectivity index (χ0n) is 9.64. The minimum absolute atomic E-state index is 0.161. The van der Waals surface area contributed by atoms with Crippen LogP contribution in [0.1, 0.15) is 37.0 Å². The van der Waals surface area contributed by atoms with Gasteiger partial charge in [0.2, 0.25) is 0 Å². The largest absolute Gasteiger partial charge is 0.477 e. The zero-order chi connectivity index (χ0) is 12.1. The van der Waals surface area contributed by atoms with Crippen LogP contribution in [0.4, 0.5) is 0 Å². The molecule has 16 heavy (non-hydrogen) atoms. The van der Waals surface area contributed by atoms with Crippen LogP contribution in [0.5, 0.6) is 0 Å². The molecule has 1 heterocycles. The summed E-state index contributed by atoms with van der Waals surface area (Å²) in [4.78, 5) is 22.5. The Morgan fingerprint density at radius 3 is 2.81 bits per heavy atom. The maximum Gasteiger partial charge on any atom is 0.341 e. The molecule has 0 bridgehead atoms. The van der Waals surface area contributed by atoms with Gasteiger partial charge in [0.05, 0.1) is 0 Å². The van der Waals surface area contributed by atoms with Crippen LogP contribution in [0, 0.1) is 5.92 Å². The third-order valence-corrected chi connectivity index (χ3v) is 2.54. The number of aromatic carboxylic acids is 1. The van der Waals surface area contributed by atoms with Crippen LogP contribution in [0.15, 0.2) is 23.1 Å². The lowest BCUT2D eigenvalue weighted by molar-refractivity contribution is 0.0694. The second kappa shape index (κ2) is 5.49. The van der Waals surface area contributed by atoms with Crippen molar-refractivity contribution in [2.24, 2.45) is 5.92 Å². The van der Waals surface area contributed by atoms with E-state index in [1.165, 1.54) is 10.6 Å². The van der Waals surface area contributed by atoms with E-state index in [9.17, 15) is 9.59 Å². The number of nitrogens with zero attached hydrogens (tertiary/aromatic N) is 1. The maximum atomic E-state index is 11.7. The average molecular weight is 223 g/mol. The Bertz CT molecular complexity index is 423. The molecule has 0 spiro atoms. The summed E-state index contributed by atoms with van der Waals surface area (Å²) in [5.41, 5.74) is -0.579. The van der Waals surface area contributed by atoms with E-state index in [2.05, 4.69) is 13.8 Å². The first-order chi connectivity index (χ1) is 7.56. The number of carboxylic acids is 1. The Kier molecular flexibility index (Phi) is 4.28. The summed E-state index contributed by atoms with van der Waals surface area (Å²) >= 11 is 0. The minimum Gasteiger partial charge on any atom is -0.477 e. The number of carbonyl (C=O) groups is 1. The highest BCUT2D eigenvalue weighted by Crippen LogP contribution is 2.07. The molecule has 4 heteroatoms. The van der Waals surface area contributed by atoms with Gasteiger partial charge in [-0.1, -0.05) is 20.3 Å². The van der Waals surface area contributed by atoms with E-state index < -0.39 is 11.5 Å². The van der Waals surface area contributed by atoms with Gasteiger partial charge in [0.25, 0.3) is 5.56 Å². The molecule has 1 atom stereocenters. The summed E-state index contributed by atoms with van der Waals surface area (Å²) < 4.78 is 1.48. The number of aromatic nitrogens is 1. The molecule has 0 aromatic carbocycles. The highest BCUT2D eigenvalue weighted by atomic mass is 16.4. The van der Waals surface area contributed by atoms with Crippen LogP contribution >= 0.6 is 0 Å². The first kappa shape index (κ1) is 12.5. The number of carboxylic acid groups (broad SMARTS) is 1. The van der Waals surface area contributed by atoms with Crippen molar-refractivity contribution in [3.63, 3.8) is 0 Å². The molecule has 1 aromatic heterocycles. The Balaban J connectivity index is 2.94. The summed E-state index contributed by atoms with van der Waals surface area (Å²) in [6.07, 6.45) is 3.74. The van der Waals surface area contributed by atoms with Crippen molar-refractivity contribution in [2.45, 2.75) is 33.2 Å². The van der Waals surface area contributed by atoms with Gasteiger partial charge in [-0.05, 0) is 24.5 Å². The second-order valence-electron chi connectivity index (χ2n) is 4.08. The Hall–Kier alpha value is -1.58. The summed E-state index contributed by atoms with van der Waals surface area (Å²) in [6.45, 7) is 4.73. The normalized spacial score (nSPS) is 12.4. The fraction of sp³-hybridized carbons (Fsp3) is 0.500. The van der Waals surface area contributed by atoms with Crippen molar-refractivity contribution in [3.05, 3.63) is 34.2 Å². The quantitative estimate of drug-likeness (QED) is 0.830. The van der Waals surface area contributed by atoms with Gasteiger partial charge >= 0.3 is 5.97 Å². The summed E-state index contributed by atoms with van der Waals surface area (Å²) in [5, 5.41) is 8.81. The van der Waals surface area contributed by atoms with Gasteiger partial charge in [0.15, 0.2) is 0 Å². The van der Waals surface area contributed by atoms with E-state index in [-0.39, 0.29) is 5.56 Å². The summed E-state index contributed by atoms with van der Waals surface area (Å²) in [5.74, 6) is -0.783. The third-order valence-electron chi connectivity index (χ3n) is 2.54. The molecule has 0 aliphatic heterocycles. The molecular weight excluding hydrogens is 206 g/mol. The molecule has 0 aliphatic rings. The van der Waals surface area contributed by atoms with Crippen molar-refractivity contribution in [3.8, 4) is 0 Å². The molecular formula is C12H17NO3. The van der Waals surface area contributed by atoms with Crippen molar-refractivity contribution in [2.75, 3.05) is 0 Å². The molecule has 0 radical (unpaired) electrons. The molecule has 1 rings (SSSR count). The van der Waals surface area contributed by atoms with E-state index in [0.717, 1.165) is 12.8 Å². The van der Waals surface area contributed by atoms with Crippen molar-refractivity contribution in [1.29, 1.82) is 0 Å². The van der Waals surface area contributed by atoms with Crippen molar-refractivity contribution < 1.29 is 9.90 Å². The molecule has 88 valence electrons. The molecule has 1 unspecified atom stereocenters. The Morgan fingerprint density at radius 2 is 2.25 bits per heavy atom. The van der Waals surface area contributed by atoms with Crippen molar-refractivity contribution in [1.82, 2.24) is 4.57 Å². The highest BCUT2D eigenvalue weighted by molar-refractivity contribution is 5.86. The number of hydrogen-bond acceptors (Lipinski definition) is 2. The van der Waals surface area contributed by atoms with Crippen LogP contribution in [-0.4, -0.2) is 15.6 Å². The molecule has 0 fully saturated rings. The predicted molar refractivity (Wildman–Crippen MR) is 61.7 cm³/mol. The number of pyridine rings is 1. The molecule has 0 aliphatic carbocycles. The van der Waals surface area contributed by atoms with Gasteiger partial charge in [-0.3, -0.25) is 4.79 Å². The summed E-state index contributed by atoms with van der Waals surface area (Å²) in [6, 6.07) is 2.94. The minimum atomic E-state index is -1.16. The molecule has 4 nitrogen and oxygen atoms in total. The molecule has 1 N–H and O–H groups in total. The van der Waals surface area contributed by atoms with Crippen molar-refractivity contribution >= 4 is 5.97 Å². The van der Waals surface area contributed by atoms with Gasteiger partial charge < -0.3 is 9.67 Å². The van der Waals surface area contributed by atoms with Crippen LogP contribution < -0.4 is 5.56 Å².